The number of piperidine rings is 1. The number of likely N-dealkylation sites (tertiary alicyclic amines) is 1. The third-order valence-corrected chi connectivity index (χ3v) is 7.16. The largest absolute Gasteiger partial charge is 0.464 e. The van der Waals surface area contributed by atoms with Crippen molar-refractivity contribution in [1.82, 2.24) is 15.1 Å². The van der Waals surface area contributed by atoms with Crippen molar-refractivity contribution in [2.75, 3.05) is 13.1 Å². The van der Waals surface area contributed by atoms with E-state index in [2.05, 4.69) is 22.3 Å². The van der Waals surface area contributed by atoms with Crippen LogP contribution in [0.3, 0.4) is 0 Å². The summed E-state index contributed by atoms with van der Waals surface area (Å²) >= 11 is 0. The first kappa shape index (κ1) is 22.3. The fourth-order valence-electron chi connectivity index (χ4n) is 5.15. The van der Waals surface area contributed by atoms with Crippen molar-refractivity contribution >= 4 is 11.9 Å². The summed E-state index contributed by atoms with van der Waals surface area (Å²) in [5, 5.41) is 2.96. The number of nitrogens with one attached hydrogen (secondary N) is 1. The molecule has 1 N–H and O–H groups in total. The Labute approximate surface area is 198 Å². The highest BCUT2D eigenvalue weighted by Crippen LogP contribution is 2.35. The smallest absolute Gasteiger partial charge is 0.325 e. The molecule has 2 saturated heterocycles. The van der Waals surface area contributed by atoms with Gasteiger partial charge in [0.2, 0.25) is 0 Å². The number of hydrogen-bond donors (Lipinski definition) is 1. The molecule has 3 heterocycles. The molecule has 0 spiro atoms. The third kappa shape index (κ3) is 4.23. The van der Waals surface area contributed by atoms with Gasteiger partial charge in [-0.05, 0) is 74.2 Å². The van der Waals surface area contributed by atoms with E-state index in [0.717, 1.165) is 49.4 Å². The number of hydrogen-bond acceptors (Lipinski definition) is 4. The number of benzene rings is 2. The van der Waals surface area contributed by atoms with Gasteiger partial charge in [-0.3, -0.25) is 14.6 Å². The minimum atomic E-state index is -0.921. The van der Waals surface area contributed by atoms with Crippen molar-refractivity contribution in [2.45, 2.75) is 38.4 Å². The van der Waals surface area contributed by atoms with Crippen LogP contribution in [-0.2, 0) is 17.9 Å². The van der Waals surface area contributed by atoms with E-state index in [9.17, 15) is 14.0 Å². The third-order valence-electron chi connectivity index (χ3n) is 7.16. The summed E-state index contributed by atoms with van der Waals surface area (Å²) in [5.41, 5.74) is 2.10. The molecule has 0 bridgehead atoms. The Morgan fingerprint density at radius 3 is 2.44 bits per heavy atom. The molecule has 1 aromatic heterocycles. The van der Waals surface area contributed by atoms with Gasteiger partial charge in [-0.2, -0.15) is 0 Å². The van der Waals surface area contributed by atoms with Gasteiger partial charge in [0.1, 0.15) is 17.1 Å². The number of urea groups is 1. The Bertz CT molecular complexity index is 1170. The van der Waals surface area contributed by atoms with Crippen LogP contribution >= 0.6 is 0 Å². The van der Waals surface area contributed by atoms with E-state index >= 15 is 0 Å². The quantitative estimate of drug-likeness (QED) is 0.535. The number of imide groups is 1. The van der Waals surface area contributed by atoms with Gasteiger partial charge in [-0.15, -0.1) is 0 Å². The van der Waals surface area contributed by atoms with Crippen LogP contribution in [0.1, 0.15) is 30.9 Å². The molecule has 3 amide bonds. The summed E-state index contributed by atoms with van der Waals surface area (Å²) in [7, 11) is 0. The van der Waals surface area contributed by atoms with E-state index in [1.165, 1.54) is 22.6 Å². The molecule has 2 fully saturated rings. The van der Waals surface area contributed by atoms with Gasteiger partial charge >= 0.3 is 6.03 Å². The number of furan rings is 1. The highest BCUT2D eigenvalue weighted by Gasteiger charge is 2.52. The molecule has 0 saturated carbocycles. The lowest BCUT2D eigenvalue weighted by Crippen LogP contribution is -2.53. The maximum atomic E-state index is 13.3. The predicted molar refractivity (Wildman–Crippen MR) is 126 cm³/mol. The molecule has 7 heteroatoms. The highest BCUT2D eigenvalue weighted by atomic mass is 19.1. The minimum Gasteiger partial charge on any atom is -0.464 e. The van der Waals surface area contributed by atoms with E-state index in [1.807, 2.05) is 31.2 Å². The SMILES string of the molecule is CC1(C2CCN(Cc3ccccc3-c3ccco3)CC2)NC(=O)N(Cc2ccc(F)cc2)C1=O. The van der Waals surface area contributed by atoms with Crippen LogP contribution in [0.2, 0.25) is 0 Å². The van der Waals surface area contributed by atoms with Crippen molar-refractivity contribution in [3.05, 3.63) is 83.9 Å². The van der Waals surface area contributed by atoms with Crippen molar-refractivity contribution in [3.8, 4) is 11.3 Å². The molecule has 1 unspecified atom stereocenters. The Kier molecular flexibility index (Phi) is 5.96. The molecular formula is C27H28FN3O3. The molecule has 2 aliphatic heterocycles. The van der Waals surface area contributed by atoms with Gasteiger partial charge in [-0.25, -0.2) is 9.18 Å². The average Bonchev–Trinajstić information content (AvgIpc) is 3.45. The van der Waals surface area contributed by atoms with E-state index < -0.39 is 5.54 Å². The van der Waals surface area contributed by atoms with Crippen LogP contribution in [0.5, 0.6) is 0 Å². The van der Waals surface area contributed by atoms with Gasteiger partial charge in [0.15, 0.2) is 0 Å². The summed E-state index contributed by atoms with van der Waals surface area (Å²) in [6.45, 7) is 4.46. The van der Waals surface area contributed by atoms with Gasteiger partial charge in [0.05, 0.1) is 12.8 Å². The first-order valence-electron chi connectivity index (χ1n) is 11.7. The number of carbonyl (C=O) groups excluding carboxylic acids is 2. The zero-order chi connectivity index (χ0) is 23.7. The molecule has 34 heavy (non-hydrogen) atoms. The molecule has 6 nitrogen and oxygen atoms in total. The highest BCUT2D eigenvalue weighted by molar-refractivity contribution is 6.06. The van der Waals surface area contributed by atoms with Crippen LogP contribution in [0, 0.1) is 11.7 Å². The predicted octanol–water partition coefficient (Wildman–Crippen LogP) is 4.81. The van der Waals surface area contributed by atoms with Crippen LogP contribution in [0.15, 0.2) is 71.3 Å². The van der Waals surface area contributed by atoms with Gasteiger partial charge < -0.3 is 9.73 Å². The molecule has 0 radical (unpaired) electrons. The Balaban J connectivity index is 1.23. The molecule has 1 atom stereocenters. The normalized spacial score (nSPS) is 21.8. The number of nitrogens with zero attached hydrogens (tertiary/aromatic N) is 2. The van der Waals surface area contributed by atoms with Crippen molar-refractivity contribution in [2.24, 2.45) is 5.92 Å². The van der Waals surface area contributed by atoms with Crippen molar-refractivity contribution in [3.63, 3.8) is 0 Å². The van der Waals surface area contributed by atoms with Gasteiger partial charge in [0, 0.05) is 12.1 Å². The molecule has 0 aliphatic carbocycles. The Morgan fingerprint density at radius 1 is 1.00 bits per heavy atom. The average molecular weight is 462 g/mol. The molecule has 176 valence electrons. The maximum absolute atomic E-state index is 13.3. The Hall–Kier alpha value is -3.45. The number of amides is 3. The topological polar surface area (TPSA) is 65.8 Å². The zero-order valence-electron chi connectivity index (χ0n) is 19.2. The van der Waals surface area contributed by atoms with Crippen LogP contribution < -0.4 is 5.32 Å². The van der Waals surface area contributed by atoms with Crippen LogP contribution in [0.4, 0.5) is 9.18 Å². The lowest BCUT2D eigenvalue weighted by Gasteiger charge is -2.39. The molecule has 3 aromatic rings. The maximum Gasteiger partial charge on any atom is 0.325 e. The number of halogens is 1. The fraction of sp³-hybridized carbons (Fsp3) is 0.333. The van der Waals surface area contributed by atoms with Crippen LogP contribution in [0.25, 0.3) is 11.3 Å². The summed E-state index contributed by atoms with van der Waals surface area (Å²) < 4.78 is 18.8. The van der Waals surface area contributed by atoms with E-state index in [1.54, 1.807) is 18.4 Å². The number of carbonyl (C=O) groups is 2. The summed E-state index contributed by atoms with van der Waals surface area (Å²) in [6, 6.07) is 17.6. The zero-order valence-corrected chi connectivity index (χ0v) is 19.2. The van der Waals surface area contributed by atoms with Gasteiger partial charge in [-0.1, -0.05) is 36.4 Å². The van der Waals surface area contributed by atoms with Crippen molar-refractivity contribution < 1.29 is 18.4 Å². The van der Waals surface area contributed by atoms with Crippen molar-refractivity contribution in [1.29, 1.82) is 0 Å². The number of rotatable bonds is 6. The molecule has 5 rings (SSSR count). The first-order chi connectivity index (χ1) is 16.4. The van der Waals surface area contributed by atoms with E-state index in [4.69, 9.17) is 4.42 Å². The van der Waals surface area contributed by atoms with Gasteiger partial charge in [0.25, 0.3) is 5.91 Å². The lowest BCUT2D eigenvalue weighted by molar-refractivity contribution is -0.133. The van der Waals surface area contributed by atoms with E-state index in [0.29, 0.717) is 0 Å². The first-order valence-corrected chi connectivity index (χ1v) is 11.7. The second-order valence-corrected chi connectivity index (χ2v) is 9.34. The minimum absolute atomic E-state index is 0.0544. The second kappa shape index (κ2) is 9.06. The second-order valence-electron chi connectivity index (χ2n) is 9.34. The monoisotopic (exact) mass is 461 g/mol. The standard InChI is InChI=1S/C27H28FN3O3/c1-27(25(32)31(26(33)29-27)17-19-8-10-22(28)11-9-19)21-12-14-30(15-13-21)18-20-5-2-3-6-23(20)24-7-4-16-34-24/h2-11,16,21H,12-15,17-18H2,1H3,(H,29,33). The van der Waals surface area contributed by atoms with Crippen LogP contribution in [-0.4, -0.2) is 40.4 Å². The molecule has 2 aliphatic rings. The van der Waals surface area contributed by atoms with E-state index in [-0.39, 0.29) is 30.2 Å². The summed E-state index contributed by atoms with van der Waals surface area (Å²) in [5.74, 6) is 0.366. The Morgan fingerprint density at radius 2 is 1.74 bits per heavy atom. The lowest BCUT2D eigenvalue weighted by atomic mass is 9.78. The molecule has 2 aromatic carbocycles. The molecular weight excluding hydrogens is 433 g/mol. The fourth-order valence-corrected chi connectivity index (χ4v) is 5.15. The summed E-state index contributed by atoms with van der Waals surface area (Å²) in [4.78, 5) is 29.6. The summed E-state index contributed by atoms with van der Waals surface area (Å²) in [6.07, 6.45) is 3.32.